The smallest absolute Gasteiger partial charge is 0.311 e. The summed E-state index contributed by atoms with van der Waals surface area (Å²) < 4.78 is 19.1. The van der Waals surface area contributed by atoms with E-state index in [0.29, 0.717) is 21.1 Å². The minimum atomic E-state index is -0.527. The number of nitrogens with zero attached hydrogens (tertiary/aromatic N) is 1. The van der Waals surface area contributed by atoms with Crippen LogP contribution in [-0.4, -0.2) is 10.8 Å². The monoisotopic (exact) mass is 422 g/mol. The summed E-state index contributed by atoms with van der Waals surface area (Å²) in [5.41, 5.74) is 1.68. The lowest BCUT2D eigenvalue weighted by molar-refractivity contribution is -0.386. The van der Waals surface area contributed by atoms with Gasteiger partial charge in [0.2, 0.25) is 0 Å². The normalized spacial score (nSPS) is 14.2. The lowest BCUT2D eigenvalue weighted by atomic mass is 10.1. The lowest BCUT2D eigenvalue weighted by Gasteiger charge is -2.18. The topological polar surface area (TPSA) is 81.5 Å². The molecule has 0 atom stereocenters. The van der Waals surface area contributed by atoms with E-state index in [1.165, 1.54) is 36.4 Å². The number of fused-ring (bicyclic) bond motifs is 1. The number of nitro groups is 1. The number of rotatable bonds is 5. The highest BCUT2D eigenvalue weighted by Gasteiger charge is 2.22. The average molecular weight is 422 g/mol. The summed E-state index contributed by atoms with van der Waals surface area (Å²) in [6.07, 6.45) is 1.53. The number of nitrogens with one attached hydrogen (secondary N) is 1. The summed E-state index contributed by atoms with van der Waals surface area (Å²) in [6.45, 7) is 0.197. The largest absolute Gasteiger partial charge is 0.482 e. The van der Waals surface area contributed by atoms with Crippen LogP contribution in [0, 0.1) is 15.9 Å². The third-order valence-corrected chi connectivity index (χ3v) is 5.43. The Bertz CT molecular complexity index is 1170. The fraction of sp³-hybridized carbons (Fsp3) is 0.0455. The molecule has 0 aromatic heterocycles. The lowest BCUT2D eigenvalue weighted by Crippen LogP contribution is -2.17. The van der Waals surface area contributed by atoms with E-state index in [1.54, 1.807) is 6.07 Å². The van der Waals surface area contributed by atoms with Crippen molar-refractivity contribution in [2.75, 3.05) is 5.32 Å². The molecule has 0 fully saturated rings. The molecule has 1 heterocycles. The van der Waals surface area contributed by atoms with E-state index < -0.39 is 10.7 Å². The molecule has 150 valence electrons. The number of thioether (sulfide) groups is 1. The molecule has 0 unspecified atom stereocenters. The molecular weight excluding hydrogens is 407 g/mol. The SMILES string of the molecule is O=C1Nc2ccc(F)cc2SC1=Cc1ccc(OCc2ccccc2)c([N+](=O)[O-])c1. The van der Waals surface area contributed by atoms with Crippen molar-refractivity contribution in [1.82, 2.24) is 0 Å². The van der Waals surface area contributed by atoms with Gasteiger partial charge in [-0.25, -0.2) is 4.39 Å². The minimum Gasteiger partial charge on any atom is -0.482 e. The Morgan fingerprint density at radius 1 is 1.10 bits per heavy atom. The standard InChI is InChI=1S/C22H15FN2O4S/c23-16-7-8-17-20(12-16)30-21(22(26)24-17)11-15-6-9-19(18(10-15)25(27)28)29-13-14-4-2-1-3-5-14/h1-12H,13H2,(H,24,26). The highest BCUT2D eigenvalue weighted by molar-refractivity contribution is 8.04. The van der Waals surface area contributed by atoms with Crippen molar-refractivity contribution in [2.45, 2.75) is 11.5 Å². The number of ether oxygens (including phenoxy) is 1. The fourth-order valence-electron chi connectivity index (χ4n) is 2.90. The summed E-state index contributed by atoms with van der Waals surface area (Å²) in [5.74, 6) is -0.627. The maximum absolute atomic E-state index is 13.5. The van der Waals surface area contributed by atoms with Gasteiger partial charge >= 0.3 is 5.69 Å². The van der Waals surface area contributed by atoms with Gasteiger partial charge in [0.15, 0.2) is 5.75 Å². The molecular formula is C22H15FN2O4S. The second kappa shape index (κ2) is 8.38. The number of hydrogen-bond donors (Lipinski definition) is 1. The maximum Gasteiger partial charge on any atom is 0.311 e. The van der Waals surface area contributed by atoms with E-state index >= 15 is 0 Å². The van der Waals surface area contributed by atoms with Crippen LogP contribution in [0.25, 0.3) is 6.08 Å². The van der Waals surface area contributed by atoms with Gasteiger partial charge in [-0.2, -0.15) is 0 Å². The molecule has 6 nitrogen and oxygen atoms in total. The van der Waals surface area contributed by atoms with Crippen LogP contribution in [0.5, 0.6) is 5.75 Å². The molecule has 0 radical (unpaired) electrons. The van der Waals surface area contributed by atoms with Crippen molar-refractivity contribution >= 4 is 35.1 Å². The Morgan fingerprint density at radius 3 is 2.67 bits per heavy atom. The summed E-state index contributed by atoms with van der Waals surface area (Å²) in [4.78, 5) is 24.2. The van der Waals surface area contributed by atoms with Crippen LogP contribution in [0.3, 0.4) is 0 Å². The van der Waals surface area contributed by atoms with Gasteiger partial charge in [-0.05, 0) is 41.5 Å². The van der Waals surface area contributed by atoms with E-state index in [1.807, 2.05) is 30.3 Å². The van der Waals surface area contributed by atoms with Crippen molar-refractivity contribution in [3.05, 3.63) is 98.7 Å². The van der Waals surface area contributed by atoms with E-state index in [0.717, 1.165) is 17.3 Å². The summed E-state index contributed by atoms with van der Waals surface area (Å²) >= 11 is 1.11. The van der Waals surface area contributed by atoms with Crippen molar-refractivity contribution in [3.8, 4) is 5.75 Å². The van der Waals surface area contributed by atoms with E-state index in [4.69, 9.17) is 4.74 Å². The van der Waals surface area contributed by atoms with E-state index in [-0.39, 0.29) is 24.0 Å². The first-order valence-electron chi connectivity index (χ1n) is 8.95. The number of halogens is 1. The van der Waals surface area contributed by atoms with Crippen LogP contribution in [0.2, 0.25) is 0 Å². The Morgan fingerprint density at radius 2 is 1.90 bits per heavy atom. The number of benzene rings is 3. The number of nitro benzene ring substituents is 1. The molecule has 0 spiro atoms. The molecule has 4 rings (SSSR count). The molecule has 30 heavy (non-hydrogen) atoms. The molecule has 8 heteroatoms. The summed E-state index contributed by atoms with van der Waals surface area (Å²) in [7, 11) is 0. The predicted molar refractivity (Wildman–Crippen MR) is 113 cm³/mol. The molecule has 0 saturated carbocycles. The molecule has 1 N–H and O–H groups in total. The van der Waals surface area contributed by atoms with Crippen LogP contribution in [0.15, 0.2) is 76.5 Å². The van der Waals surface area contributed by atoms with Crippen molar-refractivity contribution in [3.63, 3.8) is 0 Å². The summed E-state index contributed by atoms with van der Waals surface area (Å²) in [5, 5.41) is 14.2. The van der Waals surface area contributed by atoms with Gasteiger partial charge in [-0.15, -0.1) is 0 Å². The van der Waals surface area contributed by atoms with Crippen LogP contribution >= 0.6 is 11.8 Å². The van der Waals surface area contributed by atoms with Crippen LogP contribution in [-0.2, 0) is 11.4 Å². The molecule has 1 amide bonds. The minimum absolute atomic E-state index is 0.138. The Balaban J connectivity index is 1.59. The number of carbonyl (C=O) groups excluding carboxylic acids is 1. The quantitative estimate of drug-likeness (QED) is 0.338. The van der Waals surface area contributed by atoms with Gasteiger partial charge in [0.25, 0.3) is 5.91 Å². The van der Waals surface area contributed by atoms with Crippen LogP contribution in [0.1, 0.15) is 11.1 Å². The number of hydrogen-bond acceptors (Lipinski definition) is 5. The van der Waals surface area contributed by atoms with Gasteiger partial charge in [0.1, 0.15) is 12.4 Å². The van der Waals surface area contributed by atoms with Gasteiger partial charge in [-0.1, -0.05) is 48.2 Å². The third kappa shape index (κ3) is 4.33. The Hall–Kier alpha value is -3.65. The van der Waals surface area contributed by atoms with Gasteiger partial charge in [-0.3, -0.25) is 14.9 Å². The van der Waals surface area contributed by atoms with Crippen LogP contribution in [0.4, 0.5) is 15.8 Å². The molecule has 3 aromatic rings. The molecule has 0 saturated heterocycles. The van der Waals surface area contributed by atoms with Crippen molar-refractivity contribution < 1.29 is 18.8 Å². The zero-order valence-electron chi connectivity index (χ0n) is 15.5. The van der Waals surface area contributed by atoms with Crippen molar-refractivity contribution in [2.24, 2.45) is 0 Å². The molecule has 3 aromatic carbocycles. The third-order valence-electron chi connectivity index (χ3n) is 4.35. The maximum atomic E-state index is 13.5. The second-order valence-corrected chi connectivity index (χ2v) is 7.55. The first-order chi connectivity index (χ1) is 14.5. The number of amides is 1. The van der Waals surface area contributed by atoms with Gasteiger partial charge in [0.05, 0.1) is 15.5 Å². The molecule has 0 aliphatic carbocycles. The highest BCUT2D eigenvalue weighted by Crippen LogP contribution is 2.39. The Kier molecular flexibility index (Phi) is 5.49. The number of anilines is 1. The first-order valence-corrected chi connectivity index (χ1v) is 9.77. The van der Waals surface area contributed by atoms with Gasteiger partial charge < -0.3 is 10.1 Å². The molecule has 0 bridgehead atoms. The van der Waals surface area contributed by atoms with Gasteiger partial charge in [0, 0.05) is 11.0 Å². The molecule has 1 aliphatic heterocycles. The fourth-order valence-corrected chi connectivity index (χ4v) is 3.88. The van der Waals surface area contributed by atoms with E-state index in [9.17, 15) is 19.3 Å². The first kappa shape index (κ1) is 19.7. The zero-order valence-corrected chi connectivity index (χ0v) is 16.3. The highest BCUT2D eigenvalue weighted by atomic mass is 32.2. The van der Waals surface area contributed by atoms with E-state index in [2.05, 4.69) is 5.32 Å². The zero-order chi connectivity index (χ0) is 21.1. The second-order valence-electron chi connectivity index (χ2n) is 6.46. The molecule has 1 aliphatic rings. The number of carbonyl (C=O) groups is 1. The average Bonchev–Trinajstić information content (AvgIpc) is 2.74. The Labute approximate surface area is 175 Å². The van der Waals surface area contributed by atoms with Crippen LogP contribution < -0.4 is 10.1 Å². The van der Waals surface area contributed by atoms with Crippen molar-refractivity contribution in [1.29, 1.82) is 0 Å². The predicted octanol–water partition coefficient (Wildman–Crippen LogP) is 5.40. The summed E-state index contributed by atoms with van der Waals surface area (Å²) in [6, 6.07) is 17.9.